The second kappa shape index (κ2) is 12.4. The quantitative estimate of drug-likeness (QED) is 0.190. The highest BCUT2D eigenvalue weighted by molar-refractivity contribution is 7.97. The van der Waals surface area contributed by atoms with E-state index in [1.807, 2.05) is 30.3 Å². The molecule has 1 aliphatic rings. The van der Waals surface area contributed by atoms with Crippen LogP contribution in [0, 0.1) is 0 Å². The maximum atomic E-state index is 14.5. The molecule has 5 rings (SSSR count). The first-order valence-corrected chi connectivity index (χ1v) is 15.0. The van der Waals surface area contributed by atoms with E-state index in [9.17, 15) is 9.59 Å². The van der Waals surface area contributed by atoms with E-state index in [4.69, 9.17) is 9.47 Å². The monoisotopic (exact) mass is 617 g/mol. The van der Waals surface area contributed by atoms with Gasteiger partial charge in [-0.05, 0) is 69.3 Å². The van der Waals surface area contributed by atoms with Gasteiger partial charge in [-0.25, -0.2) is 4.79 Å². The fraction of sp³-hybridized carbons (Fsp3) is 0.212. The Hall–Kier alpha value is -3.47. The predicted molar refractivity (Wildman–Crippen MR) is 159 cm³/mol. The van der Waals surface area contributed by atoms with Crippen LogP contribution in [0.15, 0.2) is 115 Å². The molecule has 1 amide bonds. The maximum Gasteiger partial charge on any atom is 0.514 e. The molecule has 0 saturated carbocycles. The van der Waals surface area contributed by atoms with Crippen molar-refractivity contribution < 1.29 is 36.0 Å². The van der Waals surface area contributed by atoms with Crippen LogP contribution in [0.2, 0.25) is 0 Å². The summed E-state index contributed by atoms with van der Waals surface area (Å²) >= 11 is 0. The normalized spacial score (nSPS) is 15.3. The van der Waals surface area contributed by atoms with Gasteiger partial charge in [0, 0.05) is 13.0 Å². The highest BCUT2D eigenvalue weighted by atomic mass is 79.9. The molecule has 40 heavy (non-hydrogen) atoms. The van der Waals surface area contributed by atoms with Crippen molar-refractivity contribution in [3.8, 4) is 5.75 Å². The van der Waals surface area contributed by atoms with Crippen LogP contribution in [0.1, 0.15) is 27.2 Å². The fourth-order valence-corrected chi connectivity index (χ4v) is 10.2. The third-order valence-corrected chi connectivity index (χ3v) is 11.6. The van der Waals surface area contributed by atoms with Gasteiger partial charge in [-0.3, -0.25) is 4.79 Å². The molecule has 7 heteroatoms. The highest BCUT2D eigenvalue weighted by Crippen LogP contribution is 2.62. The van der Waals surface area contributed by atoms with Crippen LogP contribution in [-0.2, 0) is 9.53 Å². The van der Waals surface area contributed by atoms with E-state index in [-0.39, 0.29) is 28.5 Å². The Bertz CT molecular complexity index is 1350. The number of halogens is 1. The molecule has 4 aromatic carbocycles. The minimum Gasteiger partial charge on any atom is -1.00 e. The number of benzene rings is 4. The van der Waals surface area contributed by atoms with Gasteiger partial charge < -0.3 is 31.4 Å². The summed E-state index contributed by atoms with van der Waals surface area (Å²) in [6.45, 7) is 5.88. The van der Waals surface area contributed by atoms with E-state index in [0.29, 0.717) is 24.4 Å². The minimum absolute atomic E-state index is 0. The fourth-order valence-electron chi connectivity index (χ4n) is 5.37. The van der Waals surface area contributed by atoms with E-state index in [1.54, 1.807) is 37.8 Å². The van der Waals surface area contributed by atoms with E-state index in [2.05, 4.69) is 72.8 Å². The lowest BCUT2D eigenvalue weighted by molar-refractivity contribution is -0.116. The third kappa shape index (κ3) is 5.84. The third-order valence-electron chi connectivity index (χ3n) is 6.87. The zero-order valence-corrected chi connectivity index (χ0v) is 25.3. The number of rotatable bonds is 6. The topological polar surface area (TPSA) is 55.8 Å². The van der Waals surface area contributed by atoms with Crippen molar-refractivity contribution in [2.45, 2.75) is 38.5 Å². The minimum atomic E-state index is -2.41. The van der Waals surface area contributed by atoms with Crippen molar-refractivity contribution in [1.29, 1.82) is 0 Å². The molecule has 1 heterocycles. The number of nitrogens with zero attached hydrogens (tertiary/aromatic N) is 1. The van der Waals surface area contributed by atoms with Crippen molar-refractivity contribution in [3.05, 3.63) is 115 Å². The van der Waals surface area contributed by atoms with E-state index < -0.39 is 19.0 Å². The molecule has 0 spiro atoms. The zero-order valence-electron chi connectivity index (χ0n) is 22.9. The van der Waals surface area contributed by atoms with Gasteiger partial charge in [-0.1, -0.05) is 66.7 Å². The molecular weight excluding hydrogens is 585 g/mol. The van der Waals surface area contributed by atoms with Gasteiger partial charge in [0.25, 0.3) is 5.91 Å². The van der Waals surface area contributed by atoms with Gasteiger partial charge in [0.05, 0.1) is 5.69 Å². The van der Waals surface area contributed by atoms with Gasteiger partial charge in [0.1, 0.15) is 28.8 Å². The van der Waals surface area contributed by atoms with Gasteiger partial charge in [-0.15, -0.1) is 0 Å². The number of hydrogen-bond acceptors (Lipinski definition) is 4. The zero-order chi connectivity index (χ0) is 27.5. The molecule has 1 aliphatic heterocycles. The molecular formula is C33H33BrNO4P. The summed E-state index contributed by atoms with van der Waals surface area (Å²) in [5.74, 6) is 0.337. The summed E-state index contributed by atoms with van der Waals surface area (Å²) in [6.07, 6.45) is -0.121. The van der Waals surface area contributed by atoms with Crippen LogP contribution in [0.25, 0.3) is 0 Å². The number of amides is 1. The number of carbonyl (C=O) groups is 2. The lowest BCUT2D eigenvalue weighted by Gasteiger charge is -2.32. The molecule has 206 valence electrons. The second-order valence-corrected chi connectivity index (χ2v) is 14.2. The SMILES string of the molecule is CC(C)(C)OC(=O)Oc1ccccc1N1CC[C@@H]([P+](c2ccccc2)(c2ccccc2)c2ccccc2)C1=O.[Br-]. The Balaban J connectivity index is 0.00000370. The summed E-state index contributed by atoms with van der Waals surface area (Å²) in [5.41, 5.74) is -0.395. The van der Waals surface area contributed by atoms with Gasteiger partial charge in [-0.2, -0.15) is 0 Å². The Labute approximate surface area is 247 Å². The summed E-state index contributed by atoms with van der Waals surface area (Å²) in [7, 11) is -2.41. The number of carbonyl (C=O) groups excluding carboxylic acids is 2. The summed E-state index contributed by atoms with van der Waals surface area (Å²) < 4.78 is 11.0. The smallest absolute Gasteiger partial charge is 0.514 e. The van der Waals surface area contributed by atoms with Gasteiger partial charge >= 0.3 is 6.16 Å². The molecule has 0 aliphatic carbocycles. The van der Waals surface area contributed by atoms with Crippen molar-refractivity contribution >= 4 is 40.9 Å². The first-order valence-electron chi connectivity index (χ1n) is 13.2. The molecule has 5 nitrogen and oxygen atoms in total. The lowest BCUT2D eigenvalue weighted by atomic mass is 10.2. The van der Waals surface area contributed by atoms with Gasteiger partial charge in [0.2, 0.25) is 0 Å². The van der Waals surface area contributed by atoms with Crippen molar-refractivity contribution in [1.82, 2.24) is 0 Å². The molecule has 1 saturated heterocycles. The number of hydrogen-bond donors (Lipinski definition) is 0. The molecule has 0 unspecified atom stereocenters. The molecule has 0 N–H and O–H groups in total. The number of ether oxygens (including phenoxy) is 2. The molecule has 0 bridgehead atoms. The van der Waals surface area contributed by atoms with Crippen LogP contribution in [0.3, 0.4) is 0 Å². The molecule has 4 aromatic rings. The van der Waals surface area contributed by atoms with Crippen molar-refractivity contribution in [2.75, 3.05) is 11.4 Å². The average Bonchev–Trinajstić information content (AvgIpc) is 3.31. The first-order chi connectivity index (χ1) is 18.8. The largest absolute Gasteiger partial charge is 1.00 e. The summed E-state index contributed by atoms with van der Waals surface area (Å²) in [5, 5.41) is 3.50. The van der Waals surface area contributed by atoms with E-state index in [0.717, 1.165) is 0 Å². The Morgan fingerprint density at radius 1 is 0.750 bits per heavy atom. The molecule has 0 aromatic heterocycles. The molecule has 0 radical (unpaired) electrons. The highest BCUT2D eigenvalue weighted by Gasteiger charge is 2.59. The molecule has 1 fully saturated rings. The summed E-state index contributed by atoms with van der Waals surface area (Å²) in [6, 6.07) is 38.5. The number of para-hydroxylation sites is 2. The van der Waals surface area contributed by atoms with Crippen LogP contribution in [0.5, 0.6) is 5.75 Å². The Kier molecular flexibility index (Phi) is 9.12. The maximum absolute atomic E-state index is 14.5. The lowest BCUT2D eigenvalue weighted by Crippen LogP contribution is -3.00. The summed E-state index contributed by atoms with van der Waals surface area (Å²) in [4.78, 5) is 28.8. The van der Waals surface area contributed by atoms with Crippen molar-refractivity contribution in [3.63, 3.8) is 0 Å². The van der Waals surface area contributed by atoms with Crippen LogP contribution < -0.4 is 42.5 Å². The van der Waals surface area contributed by atoms with Crippen LogP contribution >= 0.6 is 7.26 Å². The van der Waals surface area contributed by atoms with E-state index >= 15 is 0 Å². The predicted octanol–water partition coefficient (Wildman–Crippen LogP) is 3.10. The first kappa shape index (κ1) is 29.5. The van der Waals surface area contributed by atoms with E-state index in [1.165, 1.54) is 15.9 Å². The number of anilines is 1. The van der Waals surface area contributed by atoms with Crippen LogP contribution in [-0.4, -0.2) is 29.9 Å². The van der Waals surface area contributed by atoms with Crippen LogP contribution in [0.4, 0.5) is 10.5 Å². The Morgan fingerprint density at radius 3 is 1.68 bits per heavy atom. The van der Waals surface area contributed by atoms with Gasteiger partial charge in [0.15, 0.2) is 11.4 Å². The standard InChI is InChI=1S/C33H33NO4P.BrH/c1-33(2,3)38-32(36)37-29-22-14-13-21-28(29)34-24-23-30(31(34)35)39(25-15-7-4-8-16-25,26-17-9-5-10-18-26)27-19-11-6-12-20-27;/h4-22,30H,23-24H2,1-3H3;1H/q+1;/p-1/t30-;/m1./s1. The Morgan fingerprint density at radius 2 is 1.20 bits per heavy atom. The average molecular weight is 619 g/mol. The molecule has 1 atom stereocenters. The van der Waals surface area contributed by atoms with Crippen molar-refractivity contribution in [2.24, 2.45) is 0 Å². The second-order valence-electron chi connectivity index (χ2n) is 10.6.